The van der Waals surface area contributed by atoms with Gasteiger partial charge in [0, 0.05) is 39.9 Å². The second kappa shape index (κ2) is 6.77. The molecule has 0 saturated carbocycles. The van der Waals surface area contributed by atoms with Gasteiger partial charge in [0.05, 0.1) is 22.8 Å². The summed E-state index contributed by atoms with van der Waals surface area (Å²) in [5, 5.41) is 0. The normalized spacial score (nSPS) is 19.3. The summed E-state index contributed by atoms with van der Waals surface area (Å²) in [5.74, 6) is 0. The Morgan fingerprint density at radius 1 is 0.742 bits per heavy atom. The average molecular weight is 403 g/mol. The number of aromatic nitrogens is 4. The molecule has 0 aromatic carbocycles. The van der Waals surface area contributed by atoms with Crippen molar-refractivity contribution in [1.82, 2.24) is 19.9 Å². The van der Waals surface area contributed by atoms with E-state index in [9.17, 15) is 0 Å². The molecule has 150 valence electrons. The van der Waals surface area contributed by atoms with Crippen molar-refractivity contribution in [3.8, 4) is 0 Å². The van der Waals surface area contributed by atoms with Gasteiger partial charge >= 0.3 is 0 Å². The second-order valence-corrected chi connectivity index (χ2v) is 8.36. The lowest BCUT2D eigenvalue weighted by molar-refractivity contribution is 0.628. The lowest BCUT2D eigenvalue weighted by Gasteiger charge is -2.25. The fourth-order valence-corrected chi connectivity index (χ4v) is 4.27. The van der Waals surface area contributed by atoms with Crippen molar-refractivity contribution in [2.45, 2.75) is 18.8 Å². The molecule has 6 rings (SSSR count). The van der Waals surface area contributed by atoms with Crippen LogP contribution in [0.4, 0.5) is 0 Å². The summed E-state index contributed by atoms with van der Waals surface area (Å²) >= 11 is 0. The molecule has 8 bridgehead atoms. The first-order valence-corrected chi connectivity index (χ1v) is 10.4. The molecule has 0 spiro atoms. The summed E-state index contributed by atoms with van der Waals surface area (Å²) in [4.78, 5) is 20.8. The van der Waals surface area contributed by atoms with Gasteiger partial charge in [-0.25, -0.2) is 9.97 Å². The van der Waals surface area contributed by atoms with E-state index in [2.05, 4.69) is 76.5 Å². The van der Waals surface area contributed by atoms with Crippen molar-refractivity contribution in [2.75, 3.05) is 0 Å². The van der Waals surface area contributed by atoms with E-state index in [1.807, 2.05) is 30.6 Å². The Balaban J connectivity index is 1.66. The van der Waals surface area contributed by atoms with E-state index in [0.717, 1.165) is 51.3 Å². The van der Waals surface area contributed by atoms with Gasteiger partial charge in [-0.3, -0.25) is 4.99 Å². The van der Waals surface area contributed by atoms with Crippen LogP contribution in [0.5, 0.6) is 0 Å². The topological polar surface area (TPSA) is 69.7 Å². The number of fused-ring (bicyclic) bond motifs is 8. The molecule has 3 aliphatic heterocycles. The maximum atomic E-state index is 4.80. The van der Waals surface area contributed by atoms with E-state index in [-0.39, 0.29) is 5.41 Å². The van der Waals surface area contributed by atoms with E-state index in [4.69, 9.17) is 9.97 Å². The van der Waals surface area contributed by atoms with E-state index >= 15 is 0 Å². The van der Waals surface area contributed by atoms with Crippen molar-refractivity contribution in [2.24, 2.45) is 4.99 Å². The Bertz CT molecular complexity index is 1480. The first kappa shape index (κ1) is 17.8. The van der Waals surface area contributed by atoms with Crippen LogP contribution in [0.15, 0.2) is 59.7 Å². The predicted octanol–water partition coefficient (Wildman–Crippen LogP) is 5.90. The Kier molecular flexibility index (Phi) is 3.90. The Hall–Kier alpha value is -3.99. The molecule has 3 aromatic heterocycles. The zero-order valence-corrected chi connectivity index (χ0v) is 17.1. The number of aromatic amines is 2. The zero-order valence-electron chi connectivity index (χ0n) is 17.1. The van der Waals surface area contributed by atoms with Gasteiger partial charge < -0.3 is 9.97 Å². The quantitative estimate of drug-likeness (QED) is 0.366. The molecule has 3 aliphatic rings. The van der Waals surface area contributed by atoms with Gasteiger partial charge in [-0.2, -0.15) is 0 Å². The molecule has 0 radical (unpaired) electrons. The number of H-pyrrole nitrogens is 2. The molecule has 1 atom stereocenters. The highest BCUT2D eigenvalue weighted by Gasteiger charge is 2.26. The van der Waals surface area contributed by atoms with Gasteiger partial charge in [-0.1, -0.05) is 13.0 Å². The SMILES string of the molecule is CC1(c2cc3cc4nc(cc5ccc(cc6nc(cc2[nH]3)C=C6)[nH]5)C=C4)C=CN=CC1. The highest BCUT2D eigenvalue weighted by molar-refractivity contribution is 5.79. The second-order valence-electron chi connectivity index (χ2n) is 8.36. The zero-order chi connectivity index (χ0) is 20.8. The monoisotopic (exact) mass is 403 g/mol. The van der Waals surface area contributed by atoms with Crippen molar-refractivity contribution < 1.29 is 0 Å². The Labute approximate surface area is 179 Å². The molecule has 5 heteroatoms. The maximum Gasteiger partial charge on any atom is 0.0658 e. The van der Waals surface area contributed by atoms with Crippen LogP contribution >= 0.6 is 0 Å². The van der Waals surface area contributed by atoms with Crippen LogP contribution in [0.25, 0.3) is 46.4 Å². The minimum Gasteiger partial charge on any atom is -0.355 e. The molecule has 31 heavy (non-hydrogen) atoms. The van der Waals surface area contributed by atoms with Crippen molar-refractivity contribution in [3.05, 3.63) is 83.1 Å². The van der Waals surface area contributed by atoms with Crippen LogP contribution in [0.2, 0.25) is 0 Å². The smallest absolute Gasteiger partial charge is 0.0658 e. The summed E-state index contributed by atoms with van der Waals surface area (Å²) in [7, 11) is 0. The molecular weight excluding hydrogens is 382 g/mol. The van der Waals surface area contributed by atoms with Gasteiger partial charge in [0.25, 0.3) is 0 Å². The lowest BCUT2D eigenvalue weighted by Crippen LogP contribution is -2.20. The molecule has 0 amide bonds. The number of hydrogen-bond donors (Lipinski definition) is 2. The standard InChI is InChI=1S/C26H21N5/c1-26(8-10-27-11-9-26)24-15-23-14-21-5-4-19(29-21)12-17-2-3-18(28-17)13-20-6-7-22(30-20)16-25(24)31-23/h2-8,10-16,28,31H,9H2,1H3. The van der Waals surface area contributed by atoms with E-state index in [1.165, 1.54) is 5.56 Å². The Morgan fingerprint density at radius 3 is 1.97 bits per heavy atom. The lowest BCUT2D eigenvalue weighted by atomic mass is 9.79. The van der Waals surface area contributed by atoms with Gasteiger partial charge in [0.2, 0.25) is 0 Å². The fraction of sp³-hybridized carbons (Fsp3) is 0.115. The fourth-order valence-electron chi connectivity index (χ4n) is 4.27. The number of hydrogen-bond acceptors (Lipinski definition) is 3. The molecule has 0 fully saturated rings. The summed E-state index contributed by atoms with van der Waals surface area (Å²) < 4.78 is 0. The maximum absolute atomic E-state index is 4.80. The van der Waals surface area contributed by atoms with Crippen LogP contribution in [-0.2, 0) is 5.41 Å². The molecule has 3 aromatic rings. The number of rotatable bonds is 1. The van der Waals surface area contributed by atoms with Gasteiger partial charge in [-0.15, -0.1) is 0 Å². The predicted molar refractivity (Wildman–Crippen MR) is 128 cm³/mol. The van der Waals surface area contributed by atoms with Crippen LogP contribution in [0.3, 0.4) is 0 Å². The minimum absolute atomic E-state index is 0.126. The largest absolute Gasteiger partial charge is 0.355 e. The summed E-state index contributed by atoms with van der Waals surface area (Å²) in [6.07, 6.45) is 15.1. The molecular formula is C26H21N5. The van der Waals surface area contributed by atoms with Crippen molar-refractivity contribution in [1.29, 1.82) is 0 Å². The third kappa shape index (κ3) is 3.34. The number of allylic oxidation sites excluding steroid dienone is 1. The van der Waals surface area contributed by atoms with Crippen molar-refractivity contribution in [3.63, 3.8) is 0 Å². The van der Waals surface area contributed by atoms with E-state index in [1.54, 1.807) is 0 Å². The summed E-state index contributed by atoms with van der Waals surface area (Å²) in [6.45, 7) is 2.25. The molecule has 0 saturated heterocycles. The third-order valence-electron chi connectivity index (χ3n) is 5.93. The van der Waals surface area contributed by atoms with Gasteiger partial charge in [0.15, 0.2) is 0 Å². The third-order valence-corrected chi connectivity index (χ3v) is 5.93. The molecule has 5 nitrogen and oxygen atoms in total. The average Bonchev–Trinajstić information content (AvgIpc) is 3.53. The number of aliphatic imine (C=N–C) groups is 1. The van der Waals surface area contributed by atoms with Crippen LogP contribution in [-0.4, -0.2) is 26.2 Å². The molecule has 6 heterocycles. The first-order valence-electron chi connectivity index (χ1n) is 10.4. The summed E-state index contributed by atoms with van der Waals surface area (Å²) in [5.41, 5.74) is 8.93. The van der Waals surface area contributed by atoms with E-state index in [0.29, 0.717) is 0 Å². The summed E-state index contributed by atoms with van der Waals surface area (Å²) in [6, 6.07) is 14.7. The highest BCUT2D eigenvalue weighted by Crippen LogP contribution is 2.34. The molecule has 0 aliphatic carbocycles. The van der Waals surface area contributed by atoms with Crippen LogP contribution < -0.4 is 0 Å². The van der Waals surface area contributed by atoms with Crippen molar-refractivity contribution >= 4 is 52.6 Å². The Morgan fingerprint density at radius 2 is 1.35 bits per heavy atom. The van der Waals surface area contributed by atoms with Crippen LogP contribution in [0, 0.1) is 0 Å². The van der Waals surface area contributed by atoms with Gasteiger partial charge in [-0.05, 0) is 78.8 Å². The molecule has 1 unspecified atom stereocenters. The minimum atomic E-state index is -0.126. The number of nitrogens with one attached hydrogen (secondary N) is 2. The van der Waals surface area contributed by atoms with E-state index < -0.39 is 0 Å². The highest BCUT2D eigenvalue weighted by atomic mass is 14.8. The van der Waals surface area contributed by atoms with Gasteiger partial charge in [0.1, 0.15) is 0 Å². The van der Waals surface area contributed by atoms with Crippen LogP contribution in [0.1, 0.15) is 41.7 Å². The molecule has 2 N–H and O–H groups in total. The first-order chi connectivity index (χ1) is 15.1. The number of nitrogens with zero attached hydrogens (tertiary/aromatic N) is 3.